The largest absolute Gasteiger partial charge is 0.307 e. The van der Waals surface area contributed by atoms with Crippen LogP contribution in [0.2, 0.25) is 0 Å². The van der Waals surface area contributed by atoms with Gasteiger partial charge in [0.1, 0.15) is 5.82 Å². The van der Waals surface area contributed by atoms with Gasteiger partial charge in [0, 0.05) is 11.4 Å². The Morgan fingerprint density at radius 3 is 2.16 bits per heavy atom. The quantitative estimate of drug-likeness (QED) is 0.907. The van der Waals surface area contributed by atoms with Crippen LogP contribution in [-0.4, -0.2) is 11.5 Å². The highest BCUT2D eigenvalue weighted by molar-refractivity contribution is 5.33. The van der Waals surface area contributed by atoms with Crippen molar-refractivity contribution in [2.75, 3.05) is 6.54 Å². The van der Waals surface area contributed by atoms with E-state index in [1.807, 2.05) is 26.0 Å². The van der Waals surface area contributed by atoms with Gasteiger partial charge < -0.3 is 5.32 Å². The predicted molar refractivity (Wildman–Crippen MR) is 75.6 cm³/mol. The van der Waals surface area contributed by atoms with Crippen molar-refractivity contribution >= 4 is 0 Å². The zero-order valence-electron chi connectivity index (χ0n) is 11.6. The molecule has 1 aromatic heterocycles. The van der Waals surface area contributed by atoms with Gasteiger partial charge in [0.05, 0.1) is 6.04 Å². The van der Waals surface area contributed by atoms with Gasteiger partial charge in [0.15, 0.2) is 0 Å². The molecule has 0 radical (unpaired) electrons. The monoisotopic (exact) mass is 258 g/mol. The molecule has 2 aromatic rings. The van der Waals surface area contributed by atoms with E-state index in [9.17, 15) is 4.39 Å². The van der Waals surface area contributed by atoms with E-state index in [-0.39, 0.29) is 11.9 Å². The number of nitrogens with one attached hydrogen (secondary N) is 1. The lowest BCUT2D eigenvalue weighted by molar-refractivity contribution is 0.612. The molecule has 0 amide bonds. The van der Waals surface area contributed by atoms with E-state index in [0.717, 1.165) is 23.5 Å². The molecule has 0 saturated carbocycles. The summed E-state index contributed by atoms with van der Waals surface area (Å²) in [6, 6.07) is 10.9. The fraction of sp³-hybridized carbons (Fsp3) is 0.312. The average Bonchev–Trinajstić information content (AvgIpc) is 2.36. The molecule has 1 atom stereocenters. The molecule has 0 saturated heterocycles. The minimum atomic E-state index is -0.207. The van der Waals surface area contributed by atoms with E-state index < -0.39 is 0 Å². The van der Waals surface area contributed by atoms with E-state index in [2.05, 4.69) is 29.4 Å². The molecule has 2 nitrogen and oxygen atoms in total. The second kappa shape index (κ2) is 5.93. The molecule has 0 bridgehead atoms. The Morgan fingerprint density at radius 1 is 1.05 bits per heavy atom. The minimum absolute atomic E-state index is 0.0750. The first-order valence-electron chi connectivity index (χ1n) is 6.54. The van der Waals surface area contributed by atoms with Crippen LogP contribution in [0.3, 0.4) is 0 Å². The third-order valence-corrected chi connectivity index (χ3v) is 3.05. The van der Waals surface area contributed by atoms with Crippen molar-refractivity contribution < 1.29 is 4.39 Å². The highest BCUT2D eigenvalue weighted by Crippen LogP contribution is 2.23. The maximum absolute atomic E-state index is 13.0. The number of halogens is 1. The summed E-state index contributed by atoms with van der Waals surface area (Å²) in [4.78, 5) is 4.40. The first-order chi connectivity index (χ1) is 9.10. The maximum atomic E-state index is 13.0. The van der Waals surface area contributed by atoms with Crippen LogP contribution < -0.4 is 5.32 Å². The number of pyridine rings is 1. The summed E-state index contributed by atoms with van der Waals surface area (Å²) in [6.45, 7) is 6.90. The molecule has 19 heavy (non-hydrogen) atoms. The Hall–Kier alpha value is -1.74. The van der Waals surface area contributed by atoms with Crippen molar-refractivity contribution in [3.05, 3.63) is 64.7 Å². The Labute approximate surface area is 113 Å². The van der Waals surface area contributed by atoms with Gasteiger partial charge >= 0.3 is 0 Å². The predicted octanol–water partition coefficient (Wildman–Crippen LogP) is 3.54. The van der Waals surface area contributed by atoms with Crippen LogP contribution in [0.5, 0.6) is 0 Å². The lowest BCUT2D eigenvalue weighted by Crippen LogP contribution is -2.22. The van der Waals surface area contributed by atoms with Crippen molar-refractivity contribution in [2.24, 2.45) is 0 Å². The van der Waals surface area contributed by atoms with E-state index >= 15 is 0 Å². The standard InChI is InChI=1S/C16H19FN2/c1-4-18-16(13-5-7-15(17)8-6-13)14-9-11(2)19-12(3)10-14/h5-10,16,18H,4H2,1-3H3. The van der Waals surface area contributed by atoms with Gasteiger partial charge in [0.25, 0.3) is 0 Å². The fourth-order valence-corrected chi connectivity index (χ4v) is 2.32. The highest BCUT2D eigenvalue weighted by atomic mass is 19.1. The molecule has 1 N–H and O–H groups in total. The van der Waals surface area contributed by atoms with Gasteiger partial charge in [-0.2, -0.15) is 0 Å². The molecule has 3 heteroatoms. The second-order valence-corrected chi connectivity index (χ2v) is 4.73. The number of rotatable bonds is 4. The van der Waals surface area contributed by atoms with Crippen LogP contribution >= 0.6 is 0 Å². The number of aromatic nitrogens is 1. The number of aryl methyl sites for hydroxylation is 2. The normalized spacial score (nSPS) is 12.4. The highest BCUT2D eigenvalue weighted by Gasteiger charge is 2.14. The number of hydrogen-bond acceptors (Lipinski definition) is 2. The molecule has 1 heterocycles. The molecule has 1 aromatic carbocycles. The summed E-state index contributed by atoms with van der Waals surface area (Å²) in [7, 11) is 0. The average molecular weight is 258 g/mol. The molecule has 0 aliphatic rings. The van der Waals surface area contributed by atoms with Gasteiger partial charge in [-0.05, 0) is 55.8 Å². The lowest BCUT2D eigenvalue weighted by atomic mass is 9.98. The fourth-order valence-electron chi connectivity index (χ4n) is 2.32. The third kappa shape index (κ3) is 3.38. The third-order valence-electron chi connectivity index (χ3n) is 3.05. The molecule has 2 rings (SSSR count). The van der Waals surface area contributed by atoms with Crippen LogP contribution in [0.25, 0.3) is 0 Å². The first kappa shape index (κ1) is 13.7. The molecule has 0 spiro atoms. The molecular weight excluding hydrogens is 239 g/mol. The van der Waals surface area contributed by atoms with Gasteiger partial charge in [-0.15, -0.1) is 0 Å². The van der Waals surface area contributed by atoms with Crippen LogP contribution in [0.4, 0.5) is 4.39 Å². The molecule has 1 unspecified atom stereocenters. The van der Waals surface area contributed by atoms with Gasteiger partial charge in [-0.1, -0.05) is 19.1 Å². The molecule has 100 valence electrons. The van der Waals surface area contributed by atoms with E-state index in [4.69, 9.17) is 0 Å². The zero-order valence-corrected chi connectivity index (χ0v) is 11.6. The number of hydrogen-bond donors (Lipinski definition) is 1. The van der Waals surface area contributed by atoms with Crippen LogP contribution in [-0.2, 0) is 0 Å². The van der Waals surface area contributed by atoms with Crippen molar-refractivity contribution in [3.63, 3.8) is 0 Å². The Balaban J connectivity index is 2.41. The van der Waals surface area contributed by atoms with Crippen LogP contribution in [0.15, 0.2) is 36.4 Å². The van der Waals surface area contributed by atoms with E-state index in [1.165, 1.54) is 17.7 Å². The molecule has 0 aliphatic carbocycles. The van der Waals surface area contributed by atoms with Crippen LogP contribution in [0, 0.1) is 19.7 Å². The summed E-state index contributed by atoms with van der Waals surface area (Å²) in [5, 5.41) is 3.44. The van der Waals surface area contributed by atoms with E-state index in [0.29, 0.717) is 0 Å². The molecule has 0 fully saturated rings. The Bertz CT molecular complexity index is 529. The topological polar surface area (TPSA) is 24.9 Å². The number of nitrogens with zero attached hydrogens (tertiary/aromatic N) is 1. The SMILES string of the molecule is CCNC(c1ccc(F)cc1)c1cc(C)nc(C)c1. The zero-order chi connectivity index (χ0) is 13.8. The molecular formula is C16H19FN2. The maximum Gasteiger partial charge on any atom is 0.123 e. The summed E-state index contributed by atoms with van der Waals surface area (Å²) in [5.41, 5.74) is 4.23. The van der Waals surface area contributed by atoms with Crippen molar-refractivity contribution in [3.8, 4) is 0 Å². The van der Waals surface area contributed by atoms with Gasteiger partial charge in [-0.3, -0.25) is 4.98 Å². The second-order valence-electron chi connectivity index (χ2n) is 4.73. The molecule has 0 aliphatic heterocycles. The smallest absolute Gasteiger partial charge is 0.123 e. The Morgan fingerprint density at radius 2 is 1.63 bits per heavy atom. The minimum Gasteiger partial charge on any atom is -0.307 e. The summed E-state index contributed by atoms with van der Waals surface area (Å²) >= 11 is 0. The summed E-state index contributed by atoms with van der Waals surface area (Å²) < 4.78 is 13.0. The van der Waals surface area contributed by atoms with Crippen LogP contribution in [0.1, 0.15) is 35.5 Å². The van der Waals surface area contributed by atoms with Crippen molar-refractivity contribution in [2.45, 2.75) is 26.8 Å². The van der Waals surface area contributed by atoms with Gasteiger partial charge in [0.2, 0.25) is 0 Å². The number of benzene rings is 1. The van der Waals surface area contributed by atoms with E-state index in [1.54, 1.807) is 0 Å². The summed E-state index contributed by atoms with van der Waals surface area (Å²) in [6.07, 6.45) is 0. The summed E-state index contributed by atoms with van der Waals surface area (Å²) in [5.74, 6) is -0.207. The van der Waals surface area contributed by atoms with Gasteiger partial charge in [-0.25, -0.2) is 4.39 Å². The first-order valence-corrected chi connectivity index (χ1v) is 6.54. The van der Waals surface area contributed by atoms with Crippen molar-refractivity contribution in [1.82, 2.24) is 10.3 Å². The Kier molecular flexibility index (Phi) is 4.27. The lowest BCUT2D eigenvalue weighted by Gasteiger charge is -2.19. The van der Waals surface area contributed by atoms with Crippen molar-refractivity contribution in [1.29, 1.82) is 0 Å².